The number of aryl methyl sites for hydroxylation is 1. The first-order valence-electron chi connectivity index (χ1n) is 11.0. The van der Waals surface area contributed by atoms with E-state index in [1.165, 1.54) is 39.7 Å². The normalized spacial score (nSPS) is 28.3. The summed E-state index contributed by atoms with van der Waals surface area (Å²) < 4.78 is 0. The number of hydrazine groups is 1. The number of amides is 1. The van der Waals surface area contributed by atoms with Crippen molar-refractivity contribution >= 4 is 22.5 Å². The van der Waals surface area contributed by atoms with Gasteiger partial charge in [0.15, 0.2) is 0 Å². The first-order chi connectivity index (χ1) is 14.1. The van der Waals surface area contributed by atoms with Crippen molar-refractivity contribution < 1.29 is 4.79 Å². The fraction of sp³-hybridized carbons (Fsp3) is 0.458. The van der Waals surface area contributed by atoms with Gasteiger partial charge in [-0.15, -0.1) is 0 Å². The van der Waals surface area contributed by atoms with Gasteiger partial charge in [0.25, 0.3) is 0 Å². The molecule has 0 saturated carbocycles. The number of hydrogen-bond acceptors (Lipinski definition) is 3. The highest BCUT2D eigenvalue weighted by Crippen LogP contribution is 2.51. The van der Waals surface area contributed by atoms with E-state index in [9.17, 15) is 4.79 Å². The number of nitrogens with one attached hydrogen (secondary N) is 2. The van der Waals surface area contributed by atoms with Crippen LogP contribution in [0.3, 0.4) is 0 Å². The number of H-pyrrole nitrogens is 1. The number of aromatic amines is 1. The number of hydrogen-bond donors (Lipinski definition) is 2. The lowest BCUT2D eigenvalue weighted by atomic mass is 9.72. The molecule has 3 heterocycles. The molecular formula is C24H28N4O. The van der Waals surface area contributed by atoms with E-state index in [-0.39, 0.29) is 11.5 Å². The summed E-state index contributed by atoms with van der Waals surface area (Å²) >= 11 is 0. The van der Waals surface area contributed by atoms with Crippen molar-refractivity contribution in [2.24, 2.45) is 0 Å². The number of allylic oxidation sites excluding steroid dienone is 2. The average molecular weight is 389 g/mol. The molecule has 150 valence electrons. The molecule has 2 aromatic rings. The lowest BCUT2D eigenvalue weighted by Crippen LogP contribution is -2.40. The maximum atomic E-state index is 13.5. The Bertz CT molecular complexity index is 1090. The summed E-state index contributed by atoms with van der Waals surface area (Å²) in [4.78, 5) is 19.3. The summed E-state index contributed by atoms with van der Waals surface area (Å²) in [6, 6.07) is 4.90. The van der Waals surface area contributed by atoms with E-state index < -0.39 is 0 Å². The second-order valence-corrected chi connectivity index (χ2v) is 8.99. The Kier molecular flexibility index (Phi) is 3.58. The number of likely N-dealkylation sites (N-methyl/N-ethyl adjacent to an activating group) is 2. The molecule has 5 nitrogen and oxygen atoms in total. The van der Waals surface area contributed by atoms with Crippen LogP contribution in [0.1, 0.15) is 61.9 Å². The predicted octanol–water partition coefficient (Wildman–Crippen LogP) is 4.22. The minimum Gasteiger partial charge on any atom is -0.357 e. The van der Waals surface area contributed by atoms with Crippen LogP contribution in [-0.2, 0) is 16.6 Å². The van der Waals surface area contributed by atoms with E-state index in [1.807, 2.05) is 4.90 Å². The number of rotatable bonds is 1. The highest BCUT2D eigenvalue weighted by Gasteiger charge is 2.50. The molecule has 2 N–H and O–H groups in total. The molecule has 4 aliphatic rings. The molecule has 0 saturated heterocycles. The zero-order valence-electron chi connectivity index (χ0n) is 17.2. The van der Waals surface area contributed by atoms with Gasteiger partial charge in [0.2, 0.25) is 5.91 Å². The molecule has 29 heavy (non-hydrogen) atoms. The first-order valence-corrected chi connectivity index (χ1v) is 11.0. The maximum Gasteiger partial charge on any atom is 0.238 e. The number of carbonyl (C=O) groups is 1. The number of nitrogens with zero attached hydrogens (tertiary/aromatic N) is 2. The summed E-state index contributed by atoms with van der Waals surface area (Å²) in [7, 11) is 2.12. The SMILES string of the molecule is CCN1C(=O)C2(CC=CCC2)c2cc3[nH]c4c(c3cc21)CCCC1=CNN(C)C14. The molecule has 2 unspecified atom stereocenters. The average Bonchev–Trinajstić information content (AvgIpc) is 3.29. The largest absolute Gasteiger partial charge is 0.357 e. The first kappa shape index (κ1) is 17.3. The van der Waals surface area contributed by atoms with Crippen molar-refractivity contribution in [2.45, 2.75) is 56.9 Å². The lowest BCUT2D eigenvalue weighted by Gasteiger charge is -2.29. The van der Waals surface area contributed by atoms with Crippen LogP contribution in [0, 0.1) is 0 Å². The van der Waals surface area contributed by atoms with Gasteiger partial charge in [0.05, 0.1) is 11.5 Å². The highest BCUT2D eigenvalue weighted by atomic mass is 16.2. The predicted molar refractivity (Wildman–Crippen MR) is 116 cm³/mol. The van der Waals surface area contributed by atoms with Gasteiger partial charge in [-0.2, -0.15) is 0 Å². The summed E-state index contributed by atoms with van der Waals surface area (Å²) in [5, 5.41) is 3.51. The van der Waals surface area contributed by atoms with Crippen LogP contribution in [0.4, 0.5) is 5.69 Å². The molecule has 2 aliphatic heterocycles. The monoisotopic (exact) mass is 388 g/mol. The minimum absolute atomic E-state index is 0.283. The van der Waals surface area contributed by atoms with Gasteiger partial charge in [0, 0.05) is 42.1 Å². The van der Waals surface area contributed by atoms with Gasteiger partial charge in [-0.05, 0) is 74.3 Å². The van der Waals surface area contributed by atoms with Crippen molar-refractivity contribution in [3.63, 3.8) is 0 Å². The van der Waals surface area contributed by atoms with Gasteiger partial charge in [-0.25, -0.2) is 5.01 Å². The van der Waals surface area contributed by atoms with Gasteiger partial charge < -0.3 is 15.3 Å². The maximum absolute atomic E-state index is 13.5. The van der Waals surface area contributed by atoms with Crippen molar-refractivity contribution in [2.75, 3.05) is 18.5 Å². The molecular weight excluding hydrogens is 360 g/mol. The Morgan fingerprint density at radius 2 is 2.14 bits per heavy atom. The number of carbonyl (C=O) groups excluding carboxylic acids is 1. The number of fused-ring (bicyclic) bond motifs is 7. The topological polar surface area (TPSA) is 51.4 Å². The Labute approximate surface area is 171 Å². The van der Waals surface area contributed by atoms with Crippen molar-refractivity contribution in [3.05, 3.63) is 52.9 Å². The molecule has 1 amide bonds. The molecule has 1 spiro atoms. The molecule has 2 atom stereocenters. The number of aromatic nitrogens is 1. The molecule has 1 aromatic heterocycles. The molecule has 0 fully saturated rings. The standard InChI is InChI=1S/C24H28N4O/c1-3-28-20-12-17-16-9-7-8-15-14-25-27(2)22(15)21(16)26-19(17)13-18(20)24(23(28)29)10-5-4-6-11-24/h4-5,12-14,22,25-26H,3,6-11H2,1-2H3. The van der Waals surface area contributed by atoms with Crippen LogP contribution in [0.25, 0.3) is 10.9 Å². The van der Waals surface area contributed by atoms with E-state index >= 15 is 0 Å². The summed E-state index contributed by atoms with van der Waals surface area (Å²) in [6.07, 6.45) is 12.7. The zero-order valence-corrected chi connectivity index (χ0v) is 17.2. The third kappa shape index (κ3) is 2.17. The van der Waals surface area contributed by atoms with E-state index in [1.54, 1.807) is 0 Å². The van der Waals surface area contributed by atoms with E-state index in [2.05, 4.69) is 59.9 Å². The van der Waals surface area contributed by atoms with Crippen LogP contribution in [-0.4, -0.2) is 29.5 Å². The summed E-state index contributed by atoms with van der Waals surface area (Å²) in [5.74, 6) is 0.294. The van der Waals surface area contributed by atoms with Crippen molar-refractivity contribution in [1.29, 1.82) is 0 Å². The minimum atomic E-state index is -0.368. The third-order valence-electron chi connectivity index (χ3n) is 7.56. The summed E-state index contributed by atoms with van der Waals surface area (Å²) in [5.41, 5.74) is 10.8. The summed E-state index contributed by atoms with van der Waals surface area (Å²) in [6.45, 7) is 2.83. The fourth-order valence-electron chi connectivity index (χ4n) is 6.13. The van der Waals surface area contributed by atoms with Crippen LogP contribution in [0.5, 0.6) is 0 Å². The molecule has 6 rings (SSSR count). The van der Waals surface area contributed by atoms with Crippen molar-refractivity contribution in [1.82, 2.24) is 15.4 Å². The van der Waals surface area contributed by atoms with E-state index in [4.69, 9.17) is 0 Å². The Hall–Kier alpha value is -2.53. The van der Waals surface area contributed by atoms with Crippen LogP contribution in [0.15, 0.2) is 36.1 Å². The molecule has 2 aliphatic carbocycles. The van der Waals surface area contributed by atoms with Crippen LogP contribution >= 0.6 is 0 Å². The molecule has 0 bridgehead atoms. The molecule has 1 aromatic carbocycles. The number of benzene rings is 1. The van der Waals surface area contributed by atoms with Gasteiger partial charge in [0.1, 0.15) is 0 Å². The Morgan fingerprint density at radius 1 is 1.24 bits per heavy atom. The lowest BCUT2D eigenvalue weighted by molar-refractivity contribution is -0.123. The Morgan fingerprint density at radius 3 is 2.93 bits per heavy atom. The van der Waals surface area contributed by atoms with E-state index in [0.29, 0.717) is 5.91 Å². The second-order valence-electron chi connectivity index (χ2n) is 8.99. The van der Waals surface area contributed by atoms with Gasteiger partial charge in [-0.1, -0.05) is 12.2 Å². The smallest absolute Gasteiger partial charge is 0.238 e. The van der Waals surface area contributed by atoms with Crippen molar-refractivity contribution in [3.8, 4) is 0 Å². The van der Waals surface area contributed by atoms with Crippen LogP contribution < -0.4 is 10.3 Å². The fourth-order valence-corrected chi connectivity index (χ4v) is 6.13. The van der Waals surface area contributed by atoms with E-state index in [0.717, 1.165) is 44.3 Å². The molecule has 0 radical (unpaired) electrons. The second kappa shape index (κ2) is 5.99. The Balaban J connectivity index is 1.58. The zero-order chi connectivity index (χ0) is 19.8. The highest BCUT2D eigenvalue weighted by molar-refractivity contribution is 6.10. The third-order valence-corrected chi connectivity index (χ3v) is 7.56. The van der Waals surface area contributed by atoms with Crippen LogP contribution in [0.2, 0.25) is 0 Å². The van der Waals surface area contributed by atoms with Gasteiger partial charge >= 0.3 is 0 Å². The number of anilines is 1. The van der Waals surface area contributed by atoms with Gasteiger partial charge in [-0.3, -0.25) is 4.79 Å². The quantitative estimate of drug-likeness (QED) is 0.719. The molecule has 5 heteroatoms.